The van der Waals surface area contributed by atoms with E-state index < -0.39 is 0 Å². The molecule has 3 heterocycles. The van der Waals surface area contributed by atoms with Crippen LogP contribution in [0.5, 0.6) is 5.75 Å². The van der Waals surface area contributed by atoms with Gasteiger partial charge in [0.15, 0.2) is 5.65 Å². The maximum Gasteiger partial charge on any atom is 0.223 e. The average Bonchev–Trinajstić information content (AvgIpc) is 3.61. The first-order chi connectivity index (χ1) is 17.0. The topological polar surface area (TPSA) is 118 Å². The molecule has 1 aromatic carbocycles. The molecule has 1 saturated heterocycles. The Morgan fingerprint density at radius 3 is 2.80 bits per heavy atom. The monoisotopic (exact) mass is 492 g/mol. The van der Waals surface area contributed by atoms with Crippen LogP contribution in [0.4, 0.5) is 5.69 Å². The van der Waals surface area contributed by atoms with Crippen LogP contribution in [-0.2, 0) is 4.79 Å². The normalized spacial score (nSPS) is 25.9. The number of carbonyl (C=O) groups excluding carboxylic acids is 1. The second kappa shape index (κ2) is 8.84. The largest absolute Gasteiger partial charge is 0.497 e. The number of benzene rings is 1. The Bertz CT molecular complexity index is 1310. The lowest BCUT2D eigenvalue weighted by atomic mass is 9.86. The highest BCUT2D eigenvalue weighted by atomic mass is 35.5. The molecule has 5 N–H and O–H groups in total. The number of carbonyl (C=O) groups is 1. The molecule has 2 aliphatic carbocycles. The third kappa shape index (κ3) is 3.85. The minimum Gasteiger partial charge on any atom is -0.497 e. The van der Waals surface area contributed by atoms with E-state index in [1.807, 2.05) is 6.07 Å². The van der Waals surface area contributed by atoms with Crippen LogP contribution in [0.3, 0.4) is 0 Å². The zero-order valence-electron chi connectivity index (χ0n) is 19.6. The molecule has 2 aromatic heterocycles. The number of allylic oxidation sites excluding steroid dienone is 1. The van der Waals surface area contributed by atoms with E-state index in [4.69, 9.17) is 27.1 Å². The van der Waals surface area contributed by atoms with Crippen LogP contribution in [-0.4, -0.2) is 47.1 Å². The number of hydrogen-bond acceptors (Lipinski definition) is 6. The van der Waals surface area contributed by atoms with Gasteiger partial charge in [-0.05, 0) is 73.9 Å². The highest BCUT2D eigenvalue weighted by Gasteiger charge is 2.47. The molecule has 1 aliphatic heterocycles. The molecular formula is C26H29ClN6O2. The lowest BCUT2D eigenvalue weighted by molar-refractivity contribution is -0.122. The molecular weight excluding hydrogens is 464 g/mol. The van der Waals surface area contributed by atoms with Crippen molar-refractivity contribution in [3.63, 3.8) is 0 Å². The Kier molecular flexibility index (Phi) is 5.65. The number of rotatable bonds is 6. The Labute approximate surface area is 208 Å². The highest BCUT2D eigenvalue weighted by molar-refractivity contribution is 6.34. The predicted molar refractivity (Wildman–Crippen MR) is 137 cm³/mol. The number of aromatic nitrogens is 3. The molecule has 0 radical (unpaired) electrons. The quantitative estimate of drug-likeness (QED) is 0.388. The van der Waals surface area contributed by atoms with Gasteiger partial charge < -0.3 is 26.1 Å². The van der Waals surface area contributed by atoms with E-state index in [9.17, 15) is 4.79 Å². The van der Waals surface area contributed by atoms with Gasteiger partial charge in [0.1, 0.15) is 17.1 Å². The third-order valence-corrected chi connectivity index (χ3v) is 8.15. The number of H-pyrrole nitrogens is 1. The lowest BCUT2D eigenvalue weighted by Gasteiger charge is -2.28. The smallest absolute Gasteiger partial charge is 0.223 e. The number of methoxy groups -OCH3 is 1. The lowest BCUT2D eigenvalue weighted by Crippen LogP contribution is -2.41. The van der Waals surface area contributed by atoms with Crippen molar-refractivity contribution in [3.8, 4) is 17.1 Å². The highest BCUT2D eigenvalue weighted by Crippen LogP contribution is 2.46. The number of nitrogens with zero attached hydrogens (tertiary/aromatic N) is 2. The number of primary amides is 1. The van der Waals surface area contributed by atoms with Crippen LogP contribution in [0.1, 0.15) is 30.7 Å². The zero-order chi connectivity index (χ0) is 24.1. The number of aromatic amines is 1. The van der Waals surface area contributed by atoms with E-state index in [0.717, 1.165) is 55.0 Å². The number of hydrogen-bond donors (Lipinski definition) is 4. The van der Waals surface area contributed by atoms with Crippen molar-refractivity contribution >= 4 is 34.4 Å². The number of nitrogens with one attached hydrogen (secondary N) is 3. The number of imidazole rings is 1. The maximum absolute atomic E-state index is 12.2. The van der Waals surface area contributed by atoms with Gasteiger partial charge in [-0.2, -0.15) is 0 Å². The summed E-state index contributed by atoms with van der Waals surface area (Å²) in [5.74, 6) is 1.87. The summed E-state index contributed by atoms with van der Waals surface area (Å²) < 4.78 is 5.53. The molecule has 182 valence electrons. The van der Waals surface area contributed by atoms with Crippen molar-refractivity contribution < 1.29 is 9.53 Å². The van der Waals surface area contributed by atoms with Crippen molar-refractivity contribution in [2.45, 2.75) is 31.2 Å². The van der Waals surface area contributed by atoms with E-state index in [1.165, 1.54) is 5.56 Å². The number of piperidine rings is 1. The van der Waals surface area contributed by atoms with Gasteiger partial charge in [-0.25, -0.2) is 9.97 Å². The predicted octanol–water partition coefficient (Wildman–Crippen LogP) is 3.84. The number of amides is 1. The average molecular weight is 493 g/mol. The molecule has 0 unspecified atom stereocenters. The van der Waals surface area contributed by atoms with E-state index in [0.29, 0.717) is 22.3 Å². The van der Waals surface area contributed by atoms with Crippen LogP contribution in [0.25, 0.3) is 22.6 Å². The van der Waals surface area contributed by atoms with Gasteiger partial charge >= 0.3 is 0 Å². The van der Waals surface area contributed by atoms with Crippen molar-refractivity contribution in [1.29, 1.82) is 0 Å². The van der Waals surface area contributed by atoms with E-state index in [2.05, 4.69) is 44.9 Å². The van der Waals surface area contributed by atoms with Crippen LogP contribution >= 0.6 is 11.6 Å². The number of fused-ring (bicyclic) bond motifs is 3. The maximum atomic E-state index is 12.2. The Balaban J connectivity index is 1.41. The Morgan fingerprint density at radius 2 is 2.03 bits per heavy atom. The molecule has 6 rings (SSSR count). The Morgan fingerprint density at radius 1 is 1.23 bits per heavy atom. The molecule has 9 heteroatoms. The van der Waals surface area contributed by atoms with E-state index >= 15 is 0 Å². The fourth-order valence-electron chi connectivity index (χ4n) is 6.13. The third-order valence-electron chi connectivity index (χ3n) is 7.87. The van der Waals surface area contributed by atoms with Crippen molar-refractivity contribution in [3.05, 3.63) is 47.1 Å². The molecule has 1 saturated carbocycles. The summed E-state index contributed by atoms with van der Waals surface area (Å²) in [5, 5.41) is 7.47. The van der Waals surface area contributed by atoms with Crippen LogP contribution in [0.15, 0.2) is 36.5 Å². The van der Waals surface area contributed by atoms with Crippen molar-refractivity contribution in [2.24, 2.45) is 23.5 Å². The SMILES string of the molecule is COc1ccc(-c2nc3ncc(Cl)c(N[C@H]4[C@@H](C(N)=O)[C@@H]5C=C[C@H]4C5)c3[nH]2)c(C2CCNCC2)c1. The fourth-order valence-corrected chi connectivity index (χ4v) is 6.33. The number of anilines is 1. The number of pyridine rings is 1. The molecule has 2 bridgehead atoms. The first kappa shape index (κ1) is 22.4. The van der Waals surface area contributed by atoms with Gasteiger partial charge in [-0.15, -0.1) is 0 Å². The minimum absolute atomic E-state index is 0.108. The molecule has 0 spiro atoms. The second-order valence-corrected chi connectivity index (χ2v) is 10.2. The van der Waals surface area contributed by atoms with E-state index in [1.54, 1.807) is 13.3 Å². The van der Waals surface area contributed by atoms with Crippen molar-refractivity contribution in [1.82, 2.24) is 20.3 Å². The van der Waals surface area contributed by atoms with Gasteiger partial charge in [0.2, 0.25) is 5.91 Å². The van der Waals surface area contributed by atoms with Gasteiger partial charge in [0.25, 0.3) is 0 Å². The number of halogens is 1. The Hall–Kier alpha value is -3.10. The summed E-state index contributed by atoms with van der Waals surface area (Å²) >= 11 is 6.63. The molecule has 1 amide bonds. The summed E-state index contributed by atoms with van der Waals surface area (Å²) in [7, 11) is 1.69. The molecule has 4 atom stereocenters. The fraction of sp³-hybridized carbons (Fsp3) is 0.423. The van der Waals surface area contributed by atoms with E-state index in [-0.39, 0.29) is 29.7 Å². The first-order valence-corrected chi connectivity index (χ1v) is 12.6. The van der Waals surface area contributed by atoms with Crippen LogP contribution < -0.4 is 21.1 Å². The molecule has 2 fully saturated rings. The van der Waals surface area contributed by atoms with Gasteiger partial charge in [0, 0.05) is 11.6 Å². The standard InChI is InChI=1S/C26H29ClN6O2/c1-35-16-4-5-17(18(11-16)13-6-8-29-9-7-13)25-32-23-22(19(27)12-30-26(23)33-25)31-21-15-3-2-14(10-15)20(21)24(28)34/h2-5,11-15,20-21,29H,6-10H2,1H3,(H2,28,34)(H2,30,31,32,33)/t14-,15+,20+,21-/m1/s1. The number of ether oxygens (including phenoxy) is 1. The summed E-state index contributed by atoms with van der Waals surface area (Å²) in [5.41, 5.74) is 10.1. The van der Waals surface area contributed by atoms with Crippen molar-refractivity contribution in [2.75, 3.05) is 25.5 Å². The zero-order valence-corrected chi connectivity index (χ0v) is 20.3. The van der Waals surface area contributed by atoms with Gasteiger partial charge in [0.05, 0.1) is 29.9 Å². The molecule has 3 aromatic rings. The van der Waals surface area contributed by atoms with Crippen LogP contribution in [0, 0.1) is 17.8 Å². The molecule has 8 nitrogen and oxygen atoms in total. The van der Waals surface area contributed by atoms with Crippen LogP contribution in [0.2, 0.25) is 5.02 Å². The summed E-state index contributed by atoms with van der Waals surface area (Å²) in [6.45, 7) is 1.98. The molecule has 35 heavy (non-hydrogen) atoms. The second-order valence-electron chi connectivity index (χ2n) is 9.79. The van der Waals surface area contributed by atoms with Gasteiger partial charge in [-0.3, -0.25) is 4.79 Å². The summed E-state index contributed by atoms with van der Waals surface area (Å²) in [4.78, 5) is 25.1. The minimum atomic E-state index is -0.282. The summed E-state index contributed by atoms with van der Waals surface area (Å²) in [6.07, 6.45) is 8.95. The molecule has 3 aliphatic rings. The number of nitrogens with two attached hydrogens (primary N) is 1. The van der Waals surface area contributed by atoms with Gasteiger partial charge in [-0.1, -0.05) is 23.8 Å². The summed E-state index contributed by atoms with van der Waals surface area (Å²) in [6, 6.07) is 6.04. The first-order valence-electron chi connectivity index (χ1n) is 12.2.